The lowest BCUT2D eigenvalue weighted by atomic mass is 10.0. The molecule has 0 radical (unpaired) electrons. The van der Waals surface area contributed by atoms with Gasteiger partial charge in [0.1, 0.15) is 22.6 Å². The SMILES string of the molecule is Cn1c([C@H](C#N)c2cnn(Cc3ccc(F)cc3)c(=O)c2Cl)nc2ccccc21. The van der Waals surface area contributed by atoms with Gasteiger partial charge in [-0.3, -0.25) is 4.79 Å². The van der Waals surface area contributed by atoms with Gasteiger partial charge in [0.2, 0.25) is 0 Å². The fourth-order valence-electron chi connectivity index (χ4n) is 3.24. The van der Waals surface area contributed by atoms with Gasteiger partial charge in [0.15, 0.2) is 0 Å². The zero-order chi connectivity index (χ0) is 20.5. The Morgan fingerprint density at radius 2 is 1.93 bits per heavy atom. The maximum Gasteiger partial charge on any atom is 0.286 e. The van der Waals surface area contributed by atoms with E-state index < -0.39 is 11.5 Å². The van der Waals surface area contributed by atoms with Crippen molar-refractivity contribution >= 4 is 22.6 Å². The summed E-state index contributed by atoms with van der Waals surface area (Å²) in [5.74, 6) is -0.726. The number of fused-ring (bicyclic) bond motifs is 1. The highest BCUT2D eigenvalue weighted by atomic mass is 35.5. The van der Waals surface area contributed by atoms with Gasteiger partial charge in [0.25, 0.3) is 5.56 Å². The highest BCUT2D eigenvalue weighted by molar-refractivity contribution is 6.31. The third-order valence-electron chi connectivity index (χ3n) is 4.78. The fourth-order valence-corrected chi connectivity index (χ4v) is 3.50. The van der Waals surface area contributed by atoms with Crippen molar-refractivity contribution < 1.29 is 4.39 Å². The third-order valence-corrected chi connectivity index (χ3v) is 5.16. The smallest absolute Gasteiger partial charge is 0.286 e. The average molecular weight is 408 g/mol. The molecule has 2 heterocycles. The average Bonchev–Trinajstić information content (AvgIpc) is 3.06. The molecule has 144 valence electrons. The van der Waals surface area contributed by atoms with Gasteiger partial charge in [-0.1, -0.05) is 35.9 Å². The largest absolute Gasteiger partial charge is 0.330 e. The topological polar surface area (TPSA) is 76.5 Å². The Morgan fingerprint density at radius 1 is 1.21 bits per heavy atom. The van der Waals surface area contributed by atoms with E-state index in [1.807, 2.05) is 35.9 Å². The predicted molar refractivity (Wildman–Crippen MR) is 107 cm³/mol. The van der Waals surface area contributed by atoms with Crippen LogP contribution in [0.25, 0.3) is 11.0 Å². The van der Waals surface area contributed by atoms with E-state index in [2.05, 4.69) is 16.2 Å². The van der Waals surface area contributed by atoms with Crippen LogP contribution in [0.3, 0.4) is 0 Å². The fraction of sp³-hybridized carbons (Fsp3) is 0.143. The standard InChI is InChI=1S/C21H15ClFN5O/c1-27-18-5-3-2-4-17(18)26-20(27)15(10-24)16-11-25-28(21(29)19(16)22)12-13-6-8-14(23)9-7-13/h2-9,11,15H,12H2,1H3/t15-/m1/s1. The molecule has 29 heavy (non-hydrogen) atoms. The molecule has 0 saturated carbocycles. The van der Waals surface area contributed by atoms with E-state index in [1.165, 1.54) is 23.0 Å². The maximum absolute atomic E-state index is 13.1. The van der Waals surface area contributed by atoms with Gasteiger partial charge in [-0.2, -0.15) is 10.4 Å². The molecule has 0 unspecified atom stereocenters. The molecule has 0 aliphatic rings. The molecule has 0 N–H and O–H groups in total. The Morgan fingerprint density at radius 3 is 2.62 bits per heavy atom. The van der Waals surface area contributed by atoms with Gasteiger partial charge < -0.3 is 4.57 Å². The van der Waals surface area contributed by atoms with Crippen molar-refractivity contribution in [3.05, 3.63) is 92.9 Å². The predicted octanol–water partition coefficient (Wildman–Crippen LogP) is 3.63. The number of imidazole rings is 1. The highest BCUT2D eigenvalue weighted by Gasteiger charge is 2.25. The Hall–Kier alpha value is -3.50. The van der Waals surface area contributed by atoms with Crippen molar-refractivity contribution in [3.63, 3.8) is 0 Å². The van der Waals surface area contributed by atoms with Crippen molar-refractivity contribution in [1.82, 2.24) is 19.3 Å². The third kappa shape index (κ3) is 3.39. The van der Waals surface area contributed by atoms with Gasteiger partial charge in [-0.15, -0.1) is 0 Å². The van der Waals surface area contributed by atoms with Crippen LogP contribution in [0.5, 0.6) is 0 Å². The van der Waals surface area contributed by atoms with E-state index in [0.717, 1.165) is 11.0 Å². The quantitative estimate of drug-likeness (QED) is 0.517. The van der Waals surface area contributed by atoms with Crippen molar-refractivity contribution in [2.75, 3.05) is 0 Å². The highest BCUT2D eigenvalue weighted by Crippen LogP contribution is 2.29. The van der Waals surface area contributed by atoms with E-state index >= 15 is 0 Å². The summed E-state index contributed by atoms with van der Waals surface area (Å²) >= 11 is 6.34. The van der Waals surface area contributed by atoms with E-state index in [1.54, 1.807) is 12.1 Å². The zero-order valence-electron chi connectivity index (χ0n) is 15.4. The summed E-state index contributed by atoms with van der Waals surface area (Å²) in [5.41, 5.74) is 2.10. The summed E-state index contributed by atoms with van der Waals surface area (Å²) < 4.78 is 16.1. The summed E-state index contributed by atoms with van der Waals surface area (Å²) in [6.07, 6.45) is 1.42. The van der Waals surface area contributed by atoms with Crippen molar-refractivity contribution in [2.24, 2.45) is 7.05 Å². The molecule has 0 bridgehead atoms. The number of benzene rings is 2. The van der Waals surface area contributed by atoms with Gasteiger partial charge in [0, 0.05) is 12.6 Å². The molecular weight excluding hydrogens is 393 g/mol. The molecule has 1 atom stereocenters. The molecule has 0 saturated heterocycles. The first-order chi connectivity index (χ1) is 14.0. The van der Waals surface area contributed by atoms with Crippen LogP contribution >= 0.6 is 11.6 Å². The Balaban J connectivity index is 1.74. The first-order valence-corrected chi connectivity index (χ1v) is 9.18. The molecule has 4 rings (SSSR count). The molecule has 0 aliphatic carbocycles. The first kappa shape index (κ1) is 18.8. The van der Waals surface area contributed by atoms with E-state index in [0.29, 0.717) is 17.0 Å². The number of hydrogen-bond acceptors (Lipinski definition) is 4. The summed E-state index contributed by atoms with van der Waals surface area (Å²) in [6.45, 7) is 0.141. The Bertz CT molecular complexity index is 1300. The molecule has 8 heteroatoms. The lowest BCUT2D eigenvalue weighted by Crippen LogP contribution is -2.26. The number of rotatable bonds is 4. The number of halogens is 2. The van der Waals surface area contributed by atoms with Gasteiger partial charge in [0.05, 0.1) is 29.8 Å². The number of para-hydroxylation sites is 2. The summed E-state index contributed by atoms with van der Waals surface area (Å²) in [6, 6.07) is 15.5. The van der Waals surface area contributed by atoms with Gasteiger partial charge in [-0.25, -0.2) is 14.1 Å². The maximum atomic E-state index is 13.1. The van der Waals surface area contributed by atoms with Crippen LogP contribution in [0.1, 0.15) is 22.9 Å². The van der Waals surface area contributed by atoms with E-state index in [-0.39, 0.29) is 17.4 Å². The number of hydrogen-bond donors (Lipinski definition) is 0. The van der Waals surface area contributed by atoms with Crippen molar-refractivity contribution in [3.8, 4) is 6.07 Å². The molecule has 0 aliphatic heterocycles. The number of nitriles is 1. The molecular formula is C21H15ClFN5O. The second kappa shape index (κ2) is 7.49. The van der Waals surface area contributed by atoms with E-state index in [4.69, 9.17) is 11.6 Å². The number of aryl methyl sites for hydroxylation is 1. The van der Waals surface area contributed by atoms with Gasteiger partial charge >= 0.3 is 0 Å². The first-order valence-electron chi connectivity index (χ1n) is 8.80. The summed E-state index contributed by atoms with van der Waals surface area (Å²) in [5, 5.41) is 13.9. The Labute approximate surface area is 170 Å². The van der Waals surface area contributed by atoms with Crippen molar-refractivity contribution in [2.45, 2.75) is 12.5 Å². The van der Waals surface area contributed by atoms with Crippen LogP contribution in [0.15, 0.2) is 59.5 Å². The molecule has 4 aromatic rings. The number of aromatic nitrogens is 4. The second-order valence-corrected chi connectivity index (χ2v) is 6.96. The van der Waals surface area contributed by atoms with Crippen LogP contribution in [0.2, 0.25) is 5.02 Å². The molecule has 2 aromatic heterocycles. The molecule has 2 aromatic carbocycles. The molecule has 6 nitrogen and oxygen atoms in total. The van der Waals surface area contributed by atoms with Crippen LogP contribution in [0.4, 0.5) is 4.39 Å². The minimum Gasteiger partial charge on any atom is -0.330 e. The molecule has 0 spiro atoms. The van der Waals surface area contributed by atoms with Crippen LogP contribution in [-0.4, -0.2) is 19.3 Å². The van der Waals surface area contributed by atoms with E-state index in [9.17, 15) is 14.4 Å². The normalized spacial score (nSPS) is 12.1. The summed E-state index contributed by atoms with van der Waals surface area (Å²) in [7, 11) is 1.81. The van der Waals surface area contributed by atoms with Crippen LogP contribution in [0, 0.1) is 17.1 Å². The summed E-state index contributed by atoms with van der Waals surface area (Å²) in [4.78, 5) is 17.3. The van der Waals surface area contributed by atoms with Crippen molar-refractivity contribution in [1.29, 1.82) is 5.26 Å². The lowest BCUT2D eigenvalue weighted by molar-refractivity contribution is 0.616. The van der Waals surface area contributed by atoms with Crippen LogP contribution in [-0.2, 0) is 13.6 Å². The monoisotopic (exact) mass is 407 g/mol. The minimum atomic E-state index is -0.847. The minimum absolute atomic E-state index is 0.0827. The lowest BCUT2D eigenvalue weighted by Gasteiger charge is -2.13. The Kier molecular flexibility index (Phi) is 4.87. The zero-order valence-corrected chi connectivity index (χ0v) is 16.1. The number of nitrogens with zero attached hydrogens (tertiary/aromatic N) is 5. The molecule has 0 fully saturated rings. The molecule has 0 amide bonds. The van der Waals surface area contributed by atoms with Crippen LogP contribution < -0.4 is 5.56 Å². The van der Waals surface area contributed by atoms with Gasteiger partial charge in [-0.05, 0) is 29.8 Å². The second-order valence-electron chi connectivity index (χ2n) is 6.58.